The van der Waals surface area contributed by atoms with Crippen molar-refractivity contribution in [3.63, 3.8) is 0 Å². The van der Waals surface area contributed by atoms with E-state index in [0.717, 1.165) is 6.07 Å². The minimum absolute atomic E-state index is 0.188. The molecule has 170 valence electrons. The number of amides is 2. The molecule has 1 aliphatic heterocycles. The van der Waals surface area contributed by atoms with Gasteiger partial charge in [0.25, 0.3) is 17.5 Å². The number of carbonyl (C=O) groups is 2. The Labute approximate surface area is 189 Å². The minimum atomic E-state index is -4.76. The number of hydrogen-bond acceptors (Lipinski definition) is 5. The molecule has 1 unspecified atom stereocenters. The average molecular weight is 491 g/mol. The second kappa shape index (κ2) is 9.21. The smallest absolute Gasteiger partial charge is 0.327 e. The van der Waals surface area contributed by atoms with Crippen LogP contribution >= 0.6 is 23.2 Å². The van der Waals surface area contributed by atoms with Gasteiger partial charge in [-0.05, 0) is 43.2 Å². The van der Waals surface area contributed by atoms with Gasteiger partial charge in [-0.3, -0.25) is 30.6 Å². The van der Waals surface area contributed by atoms with Crippen LogP contribution in [0.25, 0.3) is 0 Å². The molecule has 0 saturated carbocycles. The van der Waals surface area contributed by atoms with Crippen molar-refractivity contribution < 1.29 is 27.7 Å². The lowest BCUT2D eigenvalue weighted by atomic mass is 10.1. The van der Waals surface area contributed by atoms with Gasteiger partial charge in [0.2, 0.25) is 0 Å². The van der Waals surface area contributed by atoms with E-state index in [2.05, 4.69) is 10.9 Å². The van der Waals surface area contributed by atoms with E-state index < -0.39 is 40.2 Å². The highest BCUT2D eigenvalue weighted by atomic mass is 35.5. The van der Waals surface area contributed by atoms with Crippen molar-refractivity contribution in [3.8, 4) is 0 Å². The van der Waals surface area contributed by atoms with E-state index in [4.69, 9.17) is 23.2 Å². The Balaban J connectivity index is 1.74. The number of carbonyl (C=O) groups excluding carboxylic acids is 2. The number of alkyl halides is 3. The van der Waals surface area contributed by atoms with Crippen LogP contribution in [0.4, 0.5) is 24.5 Å². The van der Waals surface area contributed by atoms with E-state index in [1.807, 2.05) is 0 Å². The Bertz CT molecular complexity index is 1060. The quantitative estimate of drug-likeness (QED) is 0.468. The summed E-state index contributed by atoms with van der Waals surface area (Å²) in [5, 5.41) is 11.7. The summed E-state index contributed by atoms with van der Waals surface area (Å²) in [7, 11) is 0. The molecule has 1 heterocycles. The van der Waals surface area contributed by atoms with Crippen molar-refractivity contribution in [2.24, 2.45) is 0 Å². The van der Waals surface area contributed by atoms with Crippen LogP contribution in [0.2, 0.25) is 10.0 Å². The molecular weight excluding hydrogens is 476 g/mol. The van der Waals surface area contributed by atoms with Crippen LogP contribution in [0.1, 0.15) is 28.8 Å². The Morgan fingerprint density at radius 2 is 1.78 bits per heavy atom. The van der Waals surface area contributed by atoms with Gasteiger partial charge < -0.3 is 4.90 Å². The molecule has 0 aromatic heterocycles. The van der Waals surface area contributed by atoms with Crippen molar-refractivity contribution in [1.82, 2.24) is 10.3 Å². The Morgan fingerprint density at radius 3 is 2.38 bits per heavy atom. The predicted octanol–water partition coefficient (Wildman–Crippen LogP) is 4.67. The molecule has 0 bridgehead atoms. The second-order valence-electron chi connectivity index (χ2n) is 6.92. The van der Waals surface area contributed by atoms with Gasteiger partial charge in [-0.15, -0.1) is 0 Å². The summed E-state index contributed by atoms with van der Waals surface area (Å²) in [5.41, 5.74) is 2.29. The van der Waals surface area contributed by atoms with Crippen LogP contribution in [0.3, 0.4) is 0 Å². The molecule has 13 heteroatoms. The minimum Gasteiger partial charge on any atom is -0.327 e. The first-order valence-electron chi connectivity index (χ1n) is 9.16. The number of nitrogens with zero attached hydrogens (tertiary/aromatic N) is 2. The maximum atomic E-state index is 12.8. The first-order chi connectivity index (χ1) is 15.0. The number of hydrazine groups is 1. The number of nitro groups is 1. The first kappa shape index (κ1) is 23.6. The van der Waals surface area contributed by atoms with Crippen LogP contribution in [0.15, 0.2) is 36.4 Å². The average Bonchev–Trinajstić information content (AvgIpc) is 3.19. The van der Waals surface area contributed by atoms with E-state index in [-0.39, 0.29) is 27.8 Å². The summed E-state index contributed by atoms with van der Waals surface area (Å²) >= 11 is 11.9. The van der Waals surface area contributed by atoms with Gasteiger partial charge in [-0.25, -0.2) is 0 Å². The highest BCUT2D eigenvalue weighted by molar-refractivity contribution is 6.35. The summed E-state index contributed by atoms with van der Waals surface area (Å²) in [6, 6.07) is 5.22. The maximum Gasteiger partial charge on any atom is 0.416 e. The summed E-state index contributed by atoms with van der Waals surface area (Å²) in [5.74, 6) is -1.16. The predicted molar refractivity (Wildman–Crippen MR) is 110 cm³/mol. The second-order valence-corrected chi connectivity index (χ2v) is 7.79. The van der Waals surface area contributed by atoms with Gasteiger partial charge in [-0.2, -0.15) is 13.2 Å². The fourth-order valence-corrected chi connectivity index (χ4v) is 3.83. The van der Waals surface area contributed by atoms with Crippen molar-refractivity contribution in [2.45, 2.75) is 25.1 Å². The lowest BCUT2D eigenvalue weighted by Gasteiger charge is -2.24. The molecule has 0 spiro atoms. The number of nitrogens with one attached hydrogen (secondary N) is 2. The topological polar surface area (TPSA) is 105 Å². The van der Waals surface area contributed by atoms with Gasteiger partial charge in [0.05, 0.1) is 10.5 Å². The molecule has 2 aromatic rings. The molecule has 1 saturated heterocycles. The number of rotatable bonds is 5. The third-order valence-electron chi connectivity index (χ3n) is 4.77. The summed E-state index contributed by atoms with van der Waals surface area (Å²) in [4.78, 5) is 36.9. The van der Waals surface area contributed by atoms with Crippen LogP contribution in [-0.4, -0.2) is 34.2 Å². The van der Waals surface area contributed by atoms with Crippen molar-refractivity contribution in [3.05, 3.63) is 67.7 Å². The number of benzene rings is 2. The molecule has 0 radical (unpaired) electrons. The largest absolute Gasteiger partial charge is 0.416 e. The van der Waals surface area contributed by atoms with E-state index in [0.29, 0.717) is 25.0 Å². The zero-order valence-corrected chi connectivity index (χ0v) is 17.6. The zero-order valence-electron chi connectivity index (χ0n) is 16.1. The van der Waals surface area contributed by atoms with Crippen LogP contribution in [0, 0.1) is 10.1 Å². The summed E-state index contributed by atoms with van der Waals surface area (Å²) < 4.78 is 38.5. The first-order valence-corrected chi connectivity index (χ1v) is 9.91. The van der Waals surface area contributed by atoms with Crippen molar-refractivity contribution >= 4 is 46.4 Å². The monoisotopic (exact) mass is 490 g/mol. The normalized spacial score (nSPS) is 16.0. The van der Waals surface area contributed by atoms with E-state index >= 15 is 0 Å². The summed E-state index contributed by atoms with van der Waals surface area (Å²) in [6.45, 7) is 0.279. The molecule has 2 aromatic carbocycles. The Kier molecular flexibility index (Phi) is 6.79. The molecule has 1 aliphatic rings. The van der Waals surface area contributed by atoms with Gasteiger partial charge in [-0.1, -0.05) is 23.2 Å². The fourth-order valence-electron chi connectivity index (χ4n) is 3.30. The third kappa shape index (κ3) is 5.22. The van der Waals surface area contributed by atoms with Crippen LogP contribution in [0.5, 0.6) is 0 Å². The third-order valence-corrected chi connectivity index (χ3v) is 5.20. The molecule has 0 aliphatic carbocycles. The van der Waals surface area contributed by atoms with E-state index in [9.17, 15) is 32.9 Å². The SMILES string of the molecule is O=C(NNc1ccc(C(F)(F)F)cc1[N+](=O)[O-])C1CCCN1C(=O)c1cc(Cl)cc(Cl)c1. The molecule has 8 nitrogen and oxygen atoms in total. The van der Waals surface area contributed by atoms with Gasteiger partial charge >= 0.3 is 6.18 Å². The molecule has 32 heavy (non-hydrogen) atoms. The standard InChI is InChI=1S/C19H15Cl2F3N4O4/c20-12-6-10(7-13(21)9-12)18(30)27-5-1-2-15(27)17(29)26-25-14-4-3-11(19(22,23)24)8-16(14)28(31)32/h3-4,6-9,15,25H,1-2,5H2,(H,26,29). The molecule has 2 amide bonds. The molecular formula is C19H15Cl2F3N4O4. The number of likely N-dealkylation sites (tertiary alicyclic amines) is 1. The molecule has 1 atom stereocenters. The van der Waals surface area contributed by atoms with E-state index in [1.54, 1.807) is 0 Å². The van der Waals surface area contributed by atoms with Crippen molar-refractivity contribution in [2.75, 3.05) is 12.0 Å². The molecule has 3 rings (SSSR count). The molecule has 1 fully saturated rings. The number of halogens is 5. The van der Waals surface area contributed by atoms with Crippen LogP contribution < -0.4 is 10.9 Å². The number of anilines is 1. The zero-order chi connectivity index (χ0) is 23.6. The van der Waals surface area contributed by atoms with Crippen molar-refractivity contribution in [1.29, 1.82) is 0 Å². The Hall–Kier alpha value is -3.05. The van der Waals surface area contributed by atoms with Gasteiger partial charge in [0.15, 0.2) is 0 Å². The molecule has 2 N–H and O–H groups in total. The summed E-state index contributed by atoms with van der Waals surface area (Å²) in [6.07, 6.45) is -3.91. The lowest BCUT2D eigenvalue weighted by Crippen LogP contribution is -2.47. The Morgan fingerprint density at radius 1 is 1.12 bits per heavy atom. The lowest BCUT2D eigenvalue weighted by molar-refractivity contribution is -0.384. The highest BCUT2D eigenvalue weighted by Gasteiger charge is 2.36. The van der Waals surface area contributed by atoms with Gasteiger partial charge in [0.1, 0.15) is 11.7 Å². The maximum absolute atomic E-state index is 12.8. The van der Waals surface area contributed by atoms with E-state index in [1.165, 1.54) is 23.1 Å². The number of nitro benzene ring substituents is 1. The number of hydrogen-bond donors (Lipinski definition) is 2. The van der Waals surface area contributed by atoms with Crippen LogP contribution in [-0.2, 0) is 11.0 Å². The fraction of sp³-hybridized carbons (Fsp3) is 0.263. The van der Waals surface area contributed by atoms with Gasteiger partial charge in [0, 0.05) is 28.2 Å². The highest BCUT2D eigenvalue weighted by Crippen LogP contribution is 2.34.